The van der Waals surface area contributed by atoms with Gasteiger partial charge in [0.25, 0.3) is 0 Å². The Morgan fingerprint density at radius 2 is 1.85 bits per heavy atom. The molecule has 26 heavy (non-hydrogen) atoms. The minimum absolute atomic E-state index is 0. The van der Waals surface area contributed by atoms with Crippen LogP contribution < -0.4 is 22.3 Å². The van der Waals surface area contributed by atoms with Gasteiger partial charge in [-0.2, -0.15) is 0 Å². The first-order valence-electron chi connectivity index (χ1n) is 9.46. The third kappa shape index (κ3) is 2.76. The molecule has 1 saturated carbocycles. The SMILES string of the molecule is CC1CCC2(CC1)[NH2+]Cc1cc(-c3ccccc3)oc1-n1cccc12.[Br-]. The zero-order valence-electron chi connectivity index (χ0n) is 15.1. The summed E-state index contributed by atoms with van der Waals surface area (Å²) in [5.74, 6) is 2.82. The molecule has 0 radical (unpaired) electrons. The fourth-order valence-corrected chi connectivity index (χ4v) is 4.63. The van der Waals surface area contributed by atoms with Crippen LogP contribution in [-0.4, -0.2) is 4.57 Å². The normalized spacial score (nSPS) is 24.4. The molecule has 1 aliphatic heterocycles. The maximum Gasteiger partial charge on any atom is 0.213 e. The van der Waals surface area contributed by atoms with Crippen LogP contribution in [0.5, 0.6) is 0 Å². The maximum atomic E-state index is 6.36. The quantitative estimate of drug-likeness (QED) is 0.640. The van der Waals surface area contributed by atoms with Gasteiger partial charge in [0.05, 0.1) is 11.3 Å². The molecule has 5 rings (SSSR count). The van der Waals surface area contributed by atoms with Gasteiger partial charge in [0.1, 0.15) is 17.8 Å². The zero-order chi connectivity index (χ0) is 16.9. The third-order valence-electron chi connectivity index (χ3n) is 6.20. The second-order valence-electron chi connectivity index (χ2n) is 7.82. The van der Waals surface area contributed by atoms with Crippen molar-refractivity contribution in [3.05, 3.63) is 66.0 Å². The van der Waals surface area contributed by atoms with E-state index < -0.39 is 0 Å². The number of furan rings is 1. The molecule has 3 nitrogen and oxygen atoms in total. The fraction of sp³-hybridized carbons (Fsp3) is 0.364. The molecule has 0 bridgehead atoms. The van der Waals surface area contributed by atoms with E-state index in [2.05, 4.69) is 65.5 Å². The predicted molar refractivity (Wildman–Crippen MR) is 98.4 cm³/mol. The van der Waals surface area contributed by atoms with Gasteiger partial charge in [0.15, 0.2) is 0 Å². The lowest BCUT2D eigenvalue weighted by Crippen LogP contribution is -3.00. The van der Waals surface area contributed by atoms with Gasteiger partial charge in [-0.15, -0.1) is 0 Å². The van der Waals surface area contributed by atoms with Crippen LogP contribution in [0.1, 0.15) is 43.9 Å². The van der Waals surface area contributed by atoms with Crippen molar-refractivity contribution in [1.82, 2.24) is 4.57 Å². The van der Waals surface area contributed by atoms with Crippen LogP contribution in [0.4, 0.5) is 0 Å². The second-order valence-corrected chi connectivity index (χ2v) is 7.82. The molecular formula is C22H25BrN2O. The summed E-state index contributed by atoms with van der Waals surface area (Å²) in [5, 5.41) is 2.57. The molecule has 136 valence electrons. The third-order valence-corrected chi connectivity index (χ3v) is 6.20. The highest BCUT2D eigenvalue weighted by Gasteiger charge is 2.43. The fourth-order valence-electron chi connectivity index (χ4n) is 4.63. The van der Waals surface area contributed by atoms with Crippen LogP contribution in [0.15, 0.2) is 59.1 Å². The molecule has 1 aliphatic carbocycles. The first kappa shape index (κ1) is 17.6. The molecule has 2 aromatic heterocycles. The molecule has 0 atom stereocenters. The smallest absolute Gasteiger partial charge is 0.213 e. The van der Waals surface area contributed by atoms with E-state index in [4.69, 9.17) is 4.42 Å². The molecule has 2 aliphatic rings. The average Bonchev–Trinajstić information content (AvgIpc) is 3.27. The summed E-state index contributed by atoms with van der Waals surface area (Å²) in [7, 11) is 0. The Kier molecular flexibility index (Phi) is 4.57. The number of hydrogen-bond donors (Lipinski definition) is 1. The summed E-state index contributed by atoms with van der Waals surface area (Å²) in [6, 6.07) is 17.1. The topological polar surface area (TPSA) is 34.7 Å². The molecule has 0 amide bonds. The van der Waals surface area contributed by atoms with Crippen LogP contribution in [0.3, 0.4) is 0 Å². The lowest BCUT2D eigenvalue weighted by atomic mass is 9.75. The van der Waals surface area contributed by atoms with Crippen LogP contribution in [0.2, 0.25) is 0 Å². The van der Waals surface area contributed by atoms with Crippen molar-refractivity contribution in [3.8, 4) is 17.2 Å². The van der Waals surface area contributed by atoms with Crippen molar-refractivity contribution in [2.24, 2.45) is 5.92 Å². The molecule has 1 aromatic carbocycles. The van der Waals surface area contributed by atoms with E-state index in [9.17, 15) is 0 Å². The number of quaternary nitrogens is 1. The highest BCUT2D eigenvalue weighted by Crippen LogP contribution is 2.40. The standard InChI is InChI=1S/C22H24N2O.BrH/c1-16-9-11-22(12-10-16)20-8-5-13-24(20)21-18(15-23-22)14-19(25-21)17-6-3-2-4-7-17;/h2-8,13-14,16,23H,9-12,15H2,1H3;1H. The average molecular weight is 413 g/mol. The molecule has 2 N–H and O–H groups in total. The van der Waals surface area contributed by atoms with Crippen LogP contribution in [-0.2, 0) is 12.1 Å². The van der Waals surface area contributed by atoms with E-state index in [0.29, 0.717) is 0 Å². The molecular weight excluding hydrogens is 388 g/mol. The van der Waals surface area contributed by atoms with E-state index in [1.165, 1.54) is 36.9 Å². The van der Waals surface area contributed by atoms with E-state index in [1.807, 2.05) is 6.07 Å². The summed E-state index contributed by atoms with van der Waals surface area (Å²) in [6.45, 7) is 3.38. The first-order chi connectivity index (χ1) is 12.3. The molecule has 1 fully saturated rings. The maximum absolute atomic E-state index is 6.36. The van der Waals surface area contributed by atoms with E-state index in [-0.39, 0.29) is 22.5 Å². The van der Waals surface area contributed by atoms with Crippen LogP contribution in [0, 0.1) is 5.92 Å². The Morgan fingerprint density at radius 1 is 1.08 bits per heavy atom. The molecule has 3 heterocycles. The van der Waals surface area contributed by atoms with E-state index in [0.717, 1.165) is 29.7 Å². The number of fused-ring (bicyclic) bond motifs is 4. The summed E-state index contributed by atoms with van der Waals surface area (Å²) in [6.07, 6.45) is 7.32. The molecule has 4 heteroatoms. The number of nitrogens with two attached hydrogens (primary N) is 1. The Hall–Kier alpha value is -1.78. The molecule has 1 spiro atoms. The lowest BCUT2D eigenvalue weighted by molar-refractivity contribution is -0.754. The highest BCUT2D eigenvalue weighted by atomic mass is 79.9. The van der Waals surface area contributed by atoms with Gasteiger partial charge in [-0.3, -0.25) is 4.57 Å². The number of benzene rings is 1. The van der Waals surface area contributed by atoms with Gasteiger partial charge < -0.3 is 26.7 Å². The first-order valence-corrected chi connectivity index (χ1v) is 9.46. The monoisotopic (exact) mass is 412 g/mol. The summed E-state index contributed by atoms with van der Waals surface area (Å²) < 4.78 is 8.66. The van der Waals surface area contributed by atoms with Crippen LogP contribution in [0.25, 0.3) is 17.2 Å². The molecule has 3 aromatic rings. The van der Waals surface area contributed by atoms with Crippen LogP contribution >= 0.6 is 0 Å². The lowest BCUT2D eigenvalue weighted by Gasteiger charge is -2.36. The van der Waals surface area contributed by atoms with Gasteiger partial charge in [0.2, 0.25) is 5.88 Å². The van der Waals surface area contributed by atoms with Gasteiger partial charge in [-0.25, -0.2) is 0 Å². The van der Waals surface area contributed by atoms with Gasteiger partial charge in [-0.1, -0.05) is 37.3 Å². The van der Waals surface area contributed by atoms with E-state index in [1.54, 1.807) is 0 Å². The number of hydrogen-bond acceptors (Lipinski definition) is 1. The highest BCUT2D eigenvalue weighted by molar-refractivity contribution is 5.60. The molecule has 0 unspecified atom stereocenters. The van der Waals surface area contributed by atoms with Crippen molar-refractivity contribution in [1.29, 1.82) is 0 Å². The Balaban J connectivity index is 0.00000168. The summed E-state index contributed by atoms with van der Waals surface area (Å²) in [4.78, 5) is 0. The summed E-state index contributed by atoms with van der Waals surface area (Å²) >= 11 is 0. The Bertz CT molecular complexity index is 888. The predicted octanol–water partition coefficient (Wildman–Crippen LogP) is 1.22. The van der Waals surface area contributed by atoms with Crippen molar-refractivity contribution in [3.63, 3.8) is 0 Å². The minimum Gasteiger partial charge on any atom is -1.00 e. The van der Waals surface area contributed by atoms with Crippen molar-refractivity contribution in [2.75, 3.05) is 0 Å². The van der Waals surface area contributed by atoms with Gasteiger partial charge >= 0.3 is 0 Å². The zero-order valence-corrected chi connectivity index (χ0v) is 16.7. The molecule has 0 saturated heterocycles. The minimum atomic E-state index is 0. The second kappa shape index (κ2) is 6.75. The number of halogens is 1. The van der Waals surface area contributed by atoms with Crippen molar-refractivity contribution >= 4 is 0 Å². The largest absolute Gasteiger partial charge is 1.00 e. The number of aromatic nitrogens is 1. The van der Waals surface area contributed by atoms with E-state index >= 15 is 0 Å². The number of nitrogens with zero attached hydrogens (tertiary/aromatic N) is 1. The van der Waals surface area contributed by atoms with Crippen molar-refractivity contribution < 1.29 is 26.7 Å². The number of rotatable bonds is 1. The Morgan fingerprint density at radius 3 is 2.62 bits per heavy atom. The summed E-state index contributed by atoms with van der Waals surface area (Å²) in [5.41, 5.74) is 4.06. The van der Waals surface area contributed by atoms with Gasteiger partial charge in [-0.05, 0) is 37.0 Å². The van der Waals surface area contributed by atoms with Gasteiger partial charge in [0, 0.05) is 24.6 Å². The Labute approximate surface area is 165 Å². The van der Waals surface area contributed by atoms with Crippen molar-refractivity contribution in [2.45, 2.75) is 44.7 Å².